The predicted octanol–water partition coefficient (Wildman–Crippen LogP) is 2.30. The van der Waals surface area contributed by atoms with Crippen molar-refractivity contribution in [2.45, 2.75) is 71.5 Å². The molecule has 1 aromatic carbocycles. The lowest BCUT2D eigenvalue weighted by molar-refractivity contribution is -0.872. The van der Waals surface area contributed by atoms with Crippen LogP contribution in [0.1, 0.15) is 63.5 Å². The van der Waals surface area contributed by atoms with Crippen LogP contribution in [-0.4, -0.2) is 32.0 Å². The lowest BCUT2D eigenvalue weighted by atomic mass is 9.49. The van der Waals surface area contributed by atoms with Crippen LogP contribution in [0, 0.1) is 29.1 Å². The van der Waals surface area contributed by atoms with Gasteiger partial charge in [0.1, 0.15) is 12.6 Å². The molecule has 1 aromatic rings. The van der Waals surface area contributed by atoms with Crippen molar-refractivity contribution in [2.24, 2.45) is 29.1 Å². The fourth-order valence-corrected chi connectivity index (χ4v) is 6.79. The van der Waals surface area contributed by atoms with Gasteiger partial charge >= 0.3 is 0 Å². The van der Waals surface area contributed by atoms with E-state index < -0.39 is 6.04 Å². The maximum Gasteiger partial charge on any atom is 0.243 e. The molecule has 4 aliphatic rings. The number of carbonyl (C=O) groups is 2. The number of carbonyl (C=O) groups excluding carboxylic acids is 2. The molecule has 31 heavy (non-hydrogen) atoms. The second-order valence-electron chi connectivity index (χ2n) is 11.3. The molecular formula is C26H40N3O2+. The first-order chi connectivity index (χ1) is 14.8. The zero-order valence-corrected chi connectivity index (χ0v) is 19.7. The van der Waals surface area contributed by atoms with E-state index in [2.05, 4.69) is 36.9 Å². The molecule has 4 fully saturated rings. The van der Waals surface area contributed by atoms with Crippen LogP contribution in [0.15, 0.2) is 24.3 Å². The highest BCUT2D eigenvalue weighted by molar-refractivity contribution is 5.90. The van der Waals surface area contributed by atoms with Crippen LogP contribution >= 0.6 is 0 Å². The molecule has 4 saturated carbocycles. The van der Waals surface area contributed by atoms with Crippen LogP contribution in [0.3, 0.4) is 0 Å². The molecule has 0 spiro atoms. The van der Waals surface area contributed by atoms with Gasteiger partial charge in [0.15, 0.2) is 0 Å². The first kappa shape index (κ1) is 22.3. The summed E-state index contributed by atoms with van der Waals surface area (Å²) in [5, 5.41) is 6.31. The number of quaternary nitrogens is 1. The Kier molecular flexibility index (Phi) is 6.43. The Morgan fingerprint density at radius 3 is 2.06 bits per heavy atom. The summed E-state index contributed by atoms with van der Waals surface area (Å²) in [6, 6.07) is 7.80. The quantitative estimate of drug-likeness (QED) is 0.597. The van der Waals surface area contributed by atoms with Gasteiger partial charge in [-0.25, -0.2) is 0 Å². The Balaban J connectivity index is 1.40. The van der Waals surface area contributed by atoms with Gasteiger partial charge in [-0.2, -0.15) is 0 Å². The minimum atomic E-state index is -0.479. The molecule has 4 bridgehead atoms. The normalized spacial score (nSPS) is 29.9. The van der Waals surface area contributed by atoms with Crippen LogP contribution in [0.5, 0.6) is 0 Å². The van der Waals surface area contributed by atoms with Gasteiger partial charge in [-0.15, -0.1) is 0 Å². The molecule has 0 radical (unpaired) electrons. The Hall–Kier alpha value is -1.88. The van der Waals surface area contributed by atoms with Gasteiger partial charge in [0, 0.05) is 17.5 Å². The van der Waals surface area contributed by atoms with Gasteiger partial charge < -0.3 is 15.5 Å². The first-order valence-electron chi connectivity index (χ1n) is 12.2. The van der Waals surface area contributed by atoms with Crippen molar-refractivity contribution < 1.29 is 14.5 Å². The van der Waals surface area contributed by atoms with Crippen molar-refractivity contribution in [1.29, 1.82) is 0 Å². The maximum atomic E-state index is 13.5. The van der Waals surface area contributed by atoms with Gasteiger partial charge in [0.2, 0.25) is 11.8 Å². The molecule has 4 aliphatic carbocycles. The third-order valence-electron chi connectivity index (χ3n) is 7.87. The largest absolute Gasteiger partial charge is 0.350 e. The number of benzene rings is 1. The van der Waals surface area contributed by atoms with E-state index in [1.165, 1.54) is 29.7 Å². The number of nitrogens with one attached hydrogen (secondary N) is 3. The average molecular weight is 427 g/mol. The molecule has 3 N–H and O–H groups in total. The molecule has 5 heteroatoms. The summed E-state index contributed by atoms with van der Waals surface area (Å²) in [6.07, 6.45) is 7.02. The van der Waals surface area contributed by atoms with E-state index in [1.807, 2.05) is 26.0 Å². The second kappa shape index (κ2) is 8.93. The molecule has 2 amide bonds. The standard InChI is InChI=1S/C26H39N3O2/c1-17(2)23(24(30)27-15-21-7-5-6-8-22(21)16-29(3)4)28-25(31)26-12-18-9-19(13-26)11-20(10-18)14-26/h5-8,17-20,23H,9-16H2,1-4H3,(H,27,30)(H,28,31)/p+1/t18?,19?,20?,23-,26?/m1/s1. The van der Waals surface area contributed by atoms with Crippen molar-refractivity contribution in [3.63, 3.8) is 0 Å². The molecule has 0 aromatic heterocycles. The lowest BCUT2D eigenvalue weighted by Gasteiger charge is -2.55. The molecule has 0 saturated heterocycles. The van der Waals surface area contributed by atoms with E-state index in [9.17, 15) is 9.59 Å². The highest BCUT2D eigenvalue weighted by Crippen LogP contribution is 2.60. The van der Waals surface area contributed by atoms with E-state index in [0.29, 0.717) is 6.54 Å². The van der Waals surface area contributed by atoms with Gasteiger partial charge in [-0.3, -0.25) is 9.59 Å². The molecule has 1 atom stereocenters. The van der Waals surface area contributed by atoms with E-state index >= 15 is 0 Å². The number of amides is 2. The van der Waals surface area contributed by atoms with Gasteiger partial charge in [-0.05, 0) is 67.8 Å². The number of rotatable bonds is 8. The molecule has 0 unspecified atom stereocenters. The van der Waals surface area contributed by atoms with Crippen molar-refractivity contribution in [3.05, 3.63) is 35.4 Å². The smallest absolute Gasteiger partial charge is 0.243 e. The van der Waals surface area contributed by atoms with Gasteiger partial charge in [0.25, 0.3) is 0 Å². The van der Waals surface area contributed by atoms with E-state index in [1.54, 1.807) is 0 Å². The summed E-state index contributed by atoms with van der Waals surface area (Å²) in [4.78, 5) is 27.9. The molecular weight excluding hydrogens is 386 g/mol. The Morgan fingerprint density at radius 1 is 1.00 bits per heavy atom. The summed E-state index contributed by atoms with van der Waals surface area (Å²) in [5.74, 6) is 2.28. The van der Waals surface area contributed by atoms with E-state index in [4.69, 9.17) is 0 Å². The van der Waals surface area contributed by atoms with Crippen LogP contribution < -0.4 is 15.5 Å². The lowest BCUT2D eigenvalue weighted by Crippen LogP contribution is -3.04. The topological polar surface area (TPSA) is 62.6 Å². The Bertz CT molecular complexity index is 781. The minimum absolute atomic E-state index is 0.0549. The summed E-state index contributed by atoms with van der Waals surface area (Å²) < 4.78 is 0. The Morgan fingerprint density at radius 2 is 1.55 bits per heavy atom. The highest BCUT2D eigenvalue weighted by atomic mass is 16.2. The van der Waals surface area contributed by atoms with Gasteiger partial charge in [0.05, 0.1) is 14.1 Å². The second-order valence-corrected chi connectivity index (χ2v) is 11.3. The molecule has 0 heterocycles. The summed E-state index contributed by atoms with van der Waals surface area (Å²) in [7, 11) is 4.26. The average Bonchev–Trinajstić information content (AvgIpc) is 2.69. The molecule has 5 rings (SSSR count). The molecule has 5 nitrogen and oxygen atoms in total. The molecule has 170 valence electrons. The zero-order chi connectivity index (χ0) is 22.2. The Labute approximate surface area is 187 Å². The predicted molar refractivity (Wildman–Crippen MR) is 122 cm³/mol. The molecule has 0 aliphatic heterocycles. The summed E-state index contributed by atoms with van der Waals surface area (Å²) in [6.45, 7) is 5.46. The van der Waals surface area contributed by atoms with Crippen molar-refractivity contribution >= 4 is 11.8 Å². The van der Waals surface area contributed by atoms with Crippen LogP contribution in [-0.2, 0) is 22.7 Å². The third-order valence-corrected chi connectivity index (χ3v) is 7.87. The SMILES string of the molecule is CC(C)[C@@H](NC(=O)C12CC3CC(CC(C3)C1)C2)C(=O)NCc1ccccc1C[NH+](C)C. The highest BCUT2D eigenvalue weighted by Gasteiger charge is 2.55. The monoisotopic (exact) mass is 426 g/mol. The fraction of sp³-hybridized carbons (Fsp3) is 0.692. The third kappa shape index (κ3) is 4.82. The summed E-state index contributed by atoms with van der Waals surface area (Å²) >= 11 is 0. The zero-order valence-electron chi connectivity index (χ0n) is 19.7. The van der Waals surface area contributed by atoms with Gasteiger partial charge in [-0.1, -0.05) is 38.1 Å². The van der Waals surface area contributed by atoms with E-state index in [0.717, 1.165) is 49.1 Å². The maximum absolute atomic E-state index is 13.5. The van der Waals surface area contributed by atoms with Crippen molar-refractivity contribution in [2.75, 3.05) is 14.1 Å². The summed E-state index contributed by atoms with van der Waals surface area (Å²) in [5.41, 5.74) is 2.18. The number of hydrogen-bond donors (Lipinski definition) is 3. The van der Waals surface area contributed by atoms with Crippen molar-refractivity contribution in [3.8, 4) is 0 Å². The van der Waals surface area contributed by atoms with Crippen LogP contribution in [0.4, 0.5) is 0 Å². The fourth-order valence-electron chi connectivity index (χ4n) is 6.79. The minimum Gasteiger partial charge on any atom is -0.350 e. The van der Waals surface area contributed by atoms with Crippen LogP contribution in [0.25, 0.3) is 0 Å². The van der Waals surface area contributed by atoms with E-state index in [-0.39, 0.29) is 23.1 Å². The number of hydrogen-bond acceptors (Lipinski definition) is 2. The van der Waals surface area contributed by atoms with Crippen LogP contribution in [0.2, 0.25) is 0 Å². The van der Waals surface area contributed by atoms with Crippen molar-refractivity contribution in [1.82, 2.24) is 10.6 Å². The first-order valence-corrected chi connectivity index (χ1v) is 12.2.